The van der Waals surface area contributed by atoms with Gasteiger partial charge in [-0.2, -0.15) is 0 Å². The summed E-state index contributed by atoms with van der Waals surface area (Å²) in [6, 6.07) is 6.86. The third kappa shape index (κ3) is 2.12. The van der Waals surface area contributed by atoms with Crippen LogP contribution in [0.2, 0.25) is 0 Å². The number of hydrogen-bond acceptors (Lipinski definition) is 3. The van der Waals surface area contributed by atoms with Gasteiger partial charge in [-0.15, -0.1) is 0 Å². The van der Waals surface area contributed by atoms with Crippen molar-refractivity contribution >= 4 is 0 Å². The number of aromatic hydroxyl groups is 1. The molecule has 0 saturated heterocycles. The number of aliphatic hydroxyl groups excluding tert-OH is 1. The van der Waals surface area contributed by atoms with Crippen LogP contribution in [0.15, 0.2) is 24.3 Å². The van der Waals surface area contributed by atoms with Crippen LogP contribution in [0.1, 0.15) is 32.1 Å². The largest absolute Gasteiger partial charge is 0.508 e. The molecule has 2 N–H and O–H groups in total. The van der Waals surface area contributed by atoms with Gasteiger partial charge in [0, 0.05) is 0 Å². The van der Waals surface area contributed by atoms with Crippen molar-refractivity contribution in [1.29, 1.82) is 0 Å². The fourth-order valence-electron chi connectivity index (χ4n) is 2.86. The highest BCUT2D eigenvalue weighted by molar-refractivity contribution is 5.30. The van der Waals surface area contributed by atoms with Crippen molar-refractivity contribution in [3.63, 3.8) is 0 Å². The Morgan fingerprint density at radius 3 is 2.47 bits per heavy atom. The van der Waals surface area contributed by atoms with Gasteiger partial charge in [0.25, 0.3) is 0 Å². The van der Waals surface area contributed by atoms with Crippen molar-refractivity contribution < 1.29 is 14.9 Å². The summed E-state index contributed by atoms with van der Waals surface area (Å²) in [5.41, 5.74) is 0.167. The molecule has 0 amide bonds. The van der Waals surface area contributed by atoms with E-state index in [-0.39, 0.29) is 23.4 Å². The highest BCUT2D eigenvalue weighted by Crippen LogP contribution is 2.56. The minimum Gasteiger partial charge on any atom is -0.508 e. The third-order valence-electron chi connectivity index (χ3n) is 4.13. The van der Waals surface area contributed by atoms with Crippen molar-refractivity contribution in [1.82, 2.24) is 0 Å². The highest BCUT2D eigenvalue weighted by Gasteiger charge is 2.52. The molecule has 0 aliphatic heterocycles. The van der Waals surface area contributed by atoms with Crippen molar-refractivity contribution in [2.24, 2.45) is 5.41 Å². The molecule has 2 saturated carbocycles. The molecule has 2 unspecified atom stereocenters. The smallest absolute Gasteiger partial charge is 0.119 e. The Labute approximate surface area is 101 Å². The van der Waals surface area contributed by atoms with E-state index >= 15 is 0 Å². The van der Waals surface area contributed by atoms with Crippen LogP contribution in [0, 0.1) is 5.41 Å². The minimum atomic E-state index is -0.123. The van der Waals surface area contributed by atoms with Gasteiger partial charge >= 0.3 is 0 Å². The molecule has 1 spiro atoms. The summed E-state index contributed by atoms with van der Waals surface area (Å²) in [6.45, 7) is 0. The lowest BCUT2D eigenvalue weighted by Crippen LogP contribution is -2.35. The first kappa shape index (κ1) is 10.9. The first-order chi connectivity index (χ1) is 8.18. The molecular weight excluding hydrogens is 216 g/mol. The van der Waals surface area contributed by atoms with E-state index < -0.39 is 0 Å². The second kappa shape index (κ2) is 3.91. The van der Waals surface area contributed by atoms with Crippen LogP contribution in [-0.4, -0.2) is 22.4 Å². The van der Waals surface area contributed by atoms with Gasteiger partial charge in [0.05, 0.1) is 12.2 Å². The number of phenols is 1. The summed E-state index contributed by atoms with van der Waals surface area (Å²) < 4.78 is 5.91. The first-order valence-electron chi connectivity index (χ1n) is 6.32. The monoisotopic (exact) mass is 234 g/mol. The average Bonchev–Trinajstić information content (AvgIpc) is 3.08. The van der Waals surface area contributed by atoms with Gasteiger partial charge < -0.3 is 14.9 Å². The van der Waals surface area contributed by atoms with E-state index in [4.69, 9.17) is 4.74 Å². The molecule has 0 aromatic heterocycles. The van der Waals surface area contributed by atoms with Crippen LogP contribution in [-0.2, 0) is 0 Å². The summed E-state index contributed by atoms with van der Waals surface area (Å²) in [7, 11) is 0. The van der Waals surface area contributed by atoms with Crippen LogP contribution in [0.4, 0.5) is 0 Å². The van der Waals surface area contributed by atoms with E-state index in [9.17, 15) is 10.2 Å². The van der Waals surface area contributed by atoms with Gasteiger partial charge in [0.2, 0.25) is 0 Å². The number of aliphatic hydroxyl groups is 1. The summed E-state index contributed by atoms with van der Waals surface area (Å²) >= 11 is 0. The molecule has 1 aromatic carbocycles. The molecule has 0 radical (unpaired) electrons. The van der Waals surface area contributed by atoms with Crippen LogP contribution in [0.5, 0.6) is 11.5 Å². The number of phenolic OH excluding ortho intramolecular Hbond substituents is 1. The normalized spacial score (nSPS) is 30.2. The molecule has 0 heterocycles. The van der Waals surface area contributed by atoms with Gasteiger partial charge in [-0.05, 0) is 61.8 Å². The number of benzene rings is 1. The maximum Gasteiger partial charge on any atom is 0.119 e. The Hall–Kier alpha value is -1.22. The zero-order valence-electron chi connectivity index (χ0n) is 9.80. The van der Waals surface area contributed by atoms with Crippen LogP contribution in [0.25, 0.3) is 0 Å². The van der Waals surface area contributed by atoms with E-state index in [1.165, 1.54) is 0 Å². The lowest BCUT2D eigenvalue weighted by Gasteiger charge is -2.33. The summed E-state index contributed by atoms with van der Waals surface area (Å²) in [4.78, 5) is 0. The average molecular weight is 234 g/mol. The third-order valence-corrected chi connectivity index (χ3v) is 4.13. The summed E-state index contributed by atoms with van der Waals surface area (Å²) in [6.07, 6.45) is 5.11. The van der Waals surface area contributed by atoms with Crippen molar-refractivity contribution in [2.75, 3.05) is 0 Å². The van der Waals surface area contributed by atoms with E-state index in [0.29, 0.717) is 0 Å². The predicted molar refractivity (Wildman–Crippen MR) is 64.0 cm³/mol. The molecule has 2 fully saturated rings. The van der Waals surface area contributed by atoms with Gasteiger partial charge in [-0.25, -0.2) is 0 Å². The second-order valence-corrected chi connectivity index (χ2v) is 5.39. The fraction of sp³-hybridized carbons (Fsp3) is 0.571. The molecule has 1 aromatic rings. The number of ether oxygens (including phenoxy) is 1. The fourth-order valence-corrected chi connectivity index (χ4v) is 2.86. The first-order valence-corrected chi connectivity index (χ1v) is 6.32. The van der Waals surface area contributed by atoms with Gasteiger partial charge in [-0.3, -0.25) is 0 Å². The highest BCUT2D eigenvalue weighted by atomic mass is 16.5. The van der Waals surface area contributed by atoms with E-state index in [1.54, 1.807) is 24.3 Å². The second-order valence-electron chi connectivity index (χ2n) is 5.39. The number of rotatable bonds is 2. The van der Waals surface area contributed by atoms with Crippen molar-refractivity contribution in [2.45, 2.75) is 44.3 Å². The molecule has 3 heteroatoms. The minimum absolute atomic E-state index is 0.123. The summed E-state index contributed by atoms with van der Waals surface area (Å²) in [5, 5.41) is 19.1. The van der Waals surface area contributed by atoms with Crippen LogP contribution >= 0.6 is 0 Å². The maximum atomic E-state index is 9.93. The zero-order chi connectivity index (χ0) is 11.9. The summed E-state index contributed by atoms with van der Waals surface area (Å²) in [5.74, 6) is 1.06. The maximum absolute atomic E-state index is 9.93. The van der Waals surface area contributed by atoms with Gasteiger partial charge in [0.15, 0.2) is 0 Å². The molecule has 17 heavy (non-hydrogen) atoms. The molecule has 3 rings (SSSR count). The number of hydrogen-bond donors (Lipinski definition) is 2. The molecule has 3 nitrogen and oxygen atoms in total. The van der Waals surface area contributed by atoms with Crippen LogP contribution in [0.3, 0.4) is 0 Å². The molecule has 2 atom stereocenters. The lowest BCUT2D eigenvalue weighted by molar-refractivity contribution is 0.00337. The quantitative estimate of drug-likeness (QED) is 0.826. The van der Waals surface area contributed by atoms with E-state index in [0.717, 1.165) is 37.9 Å². The van der Waals surface area contributed by atoms with Crippen LogP contribution < -0.4 is 4.74 Å². The zero-order valence-corrected chi connectivity index (χ0v) is 9.80. The standard InChI is InChI=1S/C14H18O3/c15-10-1-3-11(4-2-10)17-12-5-6-13(16)14(9-12)7-8-14/h1-4,12-13,15-16H,5-9H2. The Morgan fingerprint density at radius 2 is 1.82 bits per heavy atom. The molecular formula is C14H18O3. The predicted octanol–water partition coefficient (Wildman–Crippen LogP) is 2.46. The van der Waals surface area contributed by atoms with Crippen molar-refractivity contribution in [3.8, 4) is 11.5 Å². The van der Waals surface area contributed by atoms with Gasteiger partial charge in [0.1, 0.15) is 11.5 Å². The molecule has 2 aliphatic rings. The molecule has 0 bridgehead atoms. The molecule has 92 valence electrons. The Bertz CT molecular complexity index is 394. The Balaban J connectivity index is 1.64. The topological polar surface area (TPSA) is 49.7 Å². The lowest BCUT2D eigenvalue weighted by atomic mass is 9.82. The van der Waals surface area contributed by atoms with E-state index in [2.05, 4.69) is 0 Å². The van der Waals surface area contributed by atoms with E-state index in [1.807, 2.05) is 0 Å². The van der Waals surface area contributed by atoms with Gasteiger partial charge in [-0.1, -0.05) is 0 Å². The van der Waals surface area contributed by atoms with Crippen molar-refractivity contribution in [3.05, 3.63) is 24.3 Å². The Kier molecular flexibility index (Phi) is 2.51. The SMILES string of the molecule is Oc1ccc(OC2CCC(O)C3(CC3)C2)cc1. The Morgan fingerprint density at radius 1 is 1.12 bits per heavy atom. The molecule has 2 aliphatic carbocycles.